The third-order valence-corrected chi connectivity index (χ3v) is 5.27. The smallest absolute Gasteiger partial charge is 0.269 e. The van der Waals surface area contributed by atoms with E-state index >= 15 is 0 Å². The van der Waals surface area contributed by atoms with Crippen molar-refractivity contribution in [3.63, 3.8) is 0 Å². The minimum absolute atomic E-state index is 0.0331. The van der Waals surface area contributed by atoms with Crippen LogP contribution < -0.4 is 10.0 Å². The zero-order valence-corrected chi connectivity index (χ0v) is 16.2. The van der Waals surface area contributed by atoms with Crippen LogP contribution in [0.2, 0.25) is 0 Å². The predicted octanol–water partition coefficient (Wildman–Crippen LogP) is 3.44. The highest BCUT2D eigenvalue weighted by atomic mass is 32.2. The number of hydrogen-bond acceptors (Lipinski definition) is 6. The fraction of sp³-hybridized carbons (Fsp3) is 0. The number of nitro benzene ring substituents is 1. The van der Waals surface area contributed by atoms with E-state index in [1.165, 1.54) is 73.1 Å². The summed E-state index contributed by atoms with van der Waals surface area (Å²) in [4.78, 5) is 26.1. The van der Waals surface area contributed by atoms with Crippen molar-refractivity contribution in [1.82, 2.24) is 4.98 Å². The molecule has 0 fully saturated rings. The molecule has 9 nitrogen and oxygen atoms in total. The van der Waals surface area contributed by atoms with E-state index in [2.05, 4.69) is 15.0 Å². The van der Waals surface area contributed by atoms with E-state index in [1.807, 2.05) is 0 Å². The molecular weight excluding hydrogens is 408 g/mol. The molecule has 0 aliphatic heterocycles. The quantitative estimate of drug-likeness (QED) is 0.339. The highest BCUT2D eigenvalue weighted by molar-refractivity contribution is 7.92. The summed E-state index contributed by atoms with van der Waals surface area (Å²) in [7, 11) is -3.78. The number of nitro groups is 1. The number of non-ortho nitro benzene ring substituents is 1. The van der Waals surface area contributed by atoms with Crippen LogP contribution in [0.15, 0.2) is 84.0 Å². The van der Waals surface area contributed by atoms with Crippen LogP contribution in [0, 0.1) is 10.1 Å². The van der Waals surface area contributed by atoms with Gasteiger partial charge in [-0.25, -0.2) is 8.42 Å². The summed E-state index contributed by atoms with van der Waals surface area (Å²) >= 11 is 0. The molecule has 1 aromatic heterocycles. The van der Waals surface area contributed by atoms with E-state index in [4.69, 9.17) is 0 Å². The topological polar surface area (TPSA) is 131 Å². The summed E-state index contributed by atoms with van der Waals surface area (Å²) < 4.78 is 27.2. The fourth-order valence-electron chi connectivity index (χ4n) is 2.42. The van der Waals surface area contributed by atoms with E-state index in [0.717, 1.165) is 0 Å². The molecule has 30 heavy (non-hydrogen) atoms. The first-order chi connectivity index (χ1) is 14.3. The van der Waals surface area contributed by atoms with Crippen molar-refractivity contribution in [3.8, 4) is 0 Å². The van der Waals surface area contributed by atoms with Crippen molar-refractivity contribution in [3.05, 3.63) is 94.8 Å². The van der Waals surface area contributed by atoms with E-state index < -0.39 is 20.9 Å². The van der Waals surface area contributed by atoms with Crippen LogP contribution in [0.5, 0.6) is 0 Å². The number of sulfonamides is 1. The van der Waals surface area contributed by atoms with Gasteiger partial charge >= 0.3 is 0 Å². The summed E-state index contributed by atoms with van der Waals surface area (Å²) in [5.74, 6) is -0.433. The number of rotatable bonds is 7. The number of carbonyl (C=O) groups is 1. The van der Waals surface area contributed by atoms with Gasteiger partial charge in [0.1, 0.15) is 0 Å². The zero-order chi connectivity index (χ0) is 21.6. The second-order valence-corrected chi connectivity index (χ2v) is 7.73. The van der Waals surface area contributed by atoms with Crippen molar-refractivity contribution in [2.75, 3.05) is 10.0 Å². The Morgan fingerprint density at radius 1 is 1.00 bits per heavy atom. The second kappa shape index (κ2) is 8.97. The number of anilines is 2. The Labute approximate surface area is 172 Å². The first-order valence-corrected chi connectivity index (χ1v) is 10.1. The molecule has 3 aromatic rings. The Morgan fingerprint density at radius 3 is 2.30 bits per heavy atom. The first kappa shape index (κ1) is 20.7. The lowest BCUT2D eigenvalue weighted by atomic mass is 10.2. The molecule has 0 bridgehead atoms. The molecule has 2 N–H and O–H groups in total. The van der Waals surface area contributed by atoms with E-state index in [1.54, 1.807) is 12.1 Å². The molecule has 0 unspecified atom stereocenters. The number of nitrogens with one attached hydrogen (secondary N) is 2. The SMILES string of the molecule is O=C(/C=C/c1ccc([N+](=O)[O-])cc1)Nc1ccc(S(=O)(=O)Nc2cccnc2)cc1. The molecule has 0 radical (unpaired) electrons. The Balaban J connectivity index is 1.62. The number of benzene rings is 2. The maximum Gasteiger partial charge on any atom is 0.269 e. The van der Waals surface area contributed by atoms with Crippen LogP contribution in [0.4, 0.5) is 17.1 Å². The van der Waals surface area contributed by atoms with E-state index in [9.17, 15) is 23.3 Å². The summed E-state index contributed by atoms with van der Waals surface area (Å²) in [5, 5.41) is 13.2. The number of nitrogens with zero attached hydrogens (tertiary/aromatic N) is 2. The number of hydrogen-bond donors (Lipinski definition) is 2. The van der Waals surface area contributed by atoms with Crippen molar-refractivity contribution in [1.29, 1.82) is 0 Å². The summed E-state index contributed by atoms with van der Waals surface area (Å²) in [6.45, 7) is 0. The van der Waals surface area contributed by atoms with Gasteiger partial charge in [0.25, 0.3) is 15.7 Å². The largest absolute Gasteiger partial charge is 0.323 e. The molecular formula is C20H16N4O5S. The van der Waals surface area contributed by atoms with E-state index in [0.29, 0.717) is 16.9 Å². The lowest BCUT2D eigenvalue weighted by molar-refractivity contribution is -0.384. The molecule has 0 spiro atoms. The van der Waals surface area contributed by atoms with Gasteiger partial charge in [-0.2, -0.15) is 0 Å². The zero-order valence-electron chi connectivity index (χ0n) is 15.4. The van der Waals surface area contributed by atoms with Crippen molar-refractivity contribution in [2.24, 2.45) is 0 Å². The van der Waals surface area contributed by atoms with Gasteiger partial charge in [-0.05, 0) is 60.2 Å². The maximum absolute atomic E-state index is 12.4. The van der Waals surface area contributed by atoms with Crippen molar-refractivity contribution < 1.29 is 18.1 Å². The molecule has 10 heteroatoms. The van der Waals surface area contributed by atoms with Crippen LogP contribution in [0.1, 0.15) is 5.56 Å². The van der Waals surface area contributed by atoms with Gasteiger partial charge in [0.15, 0.2) is 0 Å². The average molecular weight is 424 g/mol. The summed E-state index contributed by atoms with van der Waals surface area (Å²) in [6, 6.07) is 14.6. The number of pyridine rings is 1. The second-order valence-electron chi connectivity index (χ2n) is 6.04. The molecule has 0 atom stereocenters. The third kappa shape index (κ3) is 5.49. The van der Waals surface area contributed by atoms with Crippen molar-refractivity contribution in [2.45, 2.75) is 4.90 Å². The lowest BCUT2D eigenvalue weighted by Gasteiger charge is -2.08. The Bertz CT molecular complexity index is 1180. The maximum atomic E-state index is 12.4. The van der Waals surface area contributed by atoms with Gasteiger partial charge in [-0.3, -0.25) is 24.6 Å². The van der Waals surface area contributed by atoms with Crippen LogP contribution in [-0.4, -0.2) is 24.2 Å². The van der Waals surface area contributed by atoms with Crippen LogP contribution in [-0.2, 0) is 14.8 Å². The number of amides is 1. The predicted molar refractivity (Wildman–Crippen MR) is 112 cm³/mol. The summed E-state index contributed by atoms with van der Waals surface area (Å²) in [5.41, 5.74) is 1.34. The highest BCUT2D eigenvalue weighted by Gasteiger charge is 2.14. The Kier molecular flexibility index (Phi) is 6.18. The molecule has 1 amide bonds. The van der Waals surface area contributed by atoms with Gasteiger partial charge < -0.3 is 5.32 Å². The lowest BCUT2D eigenvalue weighted by Crippen LogP contribution is -2.13. The molecule has 0 saturated heterocycles. The third-order valence-electron chi connectivity index (χ3n) is 3.88. The molecule has 3 rings (SSSR count). The van der Waals surface area contributed by atoms with Gasteiger partial charge in [-0.1, -0.05) is 0 Å². The van der Waals surface area contributed by atoms with Gasteiger partial charge in [0.05, 0.1) is 21.7 Å². The molecule has 2 aromatic carbocycles. The van der Waals surface area contributed by atoms with Gasteiger partial charge in [0.2, 0.25) is 5.91 Å². The Morgan fingerprint density at radius 2 is 1.70 bits per heavy atom. The normalized spacial score (nSPS) is 11.2. The van der Waals surface area contributed by atoms with Crippen LogP contribution in [0.3, 0.4) is 0 Å². The number of carbonyl (C=O) groups excluding carboxylic acids is 1. The van der Waals surface area contributed by atoms with Crippen LogP contribution in [0.25, 0.3) is 6.08 Å². The number of aromatic nitrogens is 1. The molecule has 0 aliphatic carbocycles. The van der Waals surface area contributed by atoms with Crippen molar-refractivity contribution >= 4 is 39.1 Å². The average Bonchev–Trinajstić information content (AvgIpc) is 2.73. The molecule has 1 heterocycles. The van der Waals surface area contributed by atoms with Gasteiger partial charge in [0, 0.05) is 30.1 Å². The molecule has 152 valence electrons. The Hall–Kier alpha value is -4.05. The summed E-state index contributed by atoms with van der Waals surface area (Å²) in [6.07, 6.45) is 5.71. The van der Waals surface area contributed by atoms with E-state index in [-0.39, 0.29) is 10.6 Å². The van der Waals surface area contributed by atoms with Crippen LogP contribution >= 0.6 is 0 Å². The minimum atomic E-state index is -3.78. The standard InChI is InChI=1S/C20H16N4O5S/c25-20(12-5-15-3-8-18(9-4-15)24(26)27)22-16-6-10-19(11-7-16)30(28,29)23-17-2-1-13-21-14-17/h1-14,23H,(H,22,25)/b12-5+. The molecule has 0 saturated carbocycles. The van der Waals surface area contributed by atoms with Gasteiger partial charge in [-0.15, -0.1) is 0 Å². The molecule has 0 aliphatic rings. The fourth-order valence-corrected chi connectivity index (χ4v) is 3.46. The minimum Gasteiger partial charge on any atom is -0.323 e. The highest BCUT2D eigenvalue weighted by Crippen LogP contribution is 2.18. The first-order valence-electron chi connectivity index (χ1n) is 8.60. The monoisotopic (exact) mass is 424 g/mol.